The molecule has 6 nitrogen and oxygen atoms in total. The van der Waals surface area contributed by atoms with Crippen LogP contribution < -0.4 is 5.32 Å². The molecule has 0 bridgehead atoms. The van der Waals surface area contributed by atoms with Gasteiger partial charge in [0.15, 0.2) is 0 Å². The first kappa shape index (κ1) is 23.6. The number of alkyl halides is 3. The van der Waals surface area contributed by atoms with Crippen LogP contribution in [0.4, 0.5) is 18.9 Å². The number of hydrogen-bond donors (Lipinski definition) is 1. The number of nitrogens with zero attached hydrogens (tertiary/aromatic N) is 2. The summed E-state index contributed by atoms with van der Waals surface area (Å²) in [6.45, 7) is -0.470. The first-order valence-corrected chi connectivity index (χ1v) is 11.1. The average molecular weight is 436 g/mol. The van der Waals surface area contributed by atoms with Crippen molar-refractivity contribution < 1.29 is 26.4 Å². The Labute approximate surface area is 170 Å². The fraction of sp³-hybridized carbons (Fsp3) is 0.632. The number of nitrogens with one attached hydrogen (secondary N) is 1. The van der Waals surface area contributed by atoms with E-state index in [2.05, 4.69) is 5.32 Å². The van der Waals surface area contributed by atoms with E-state index in [4.69, 9.17) is 0 Å². The van der Waals surface area contributed by atoms with Crippen LogP contribution in [0.15, 0.2) is 29.2 Å². The van der Waals surface area contributed by atoms with Crippen molar-refractivity contribution in [1.82, 2.24) is 9.21 Å². The average Bonchev–Trinajstić information content (AvgIpc) is 2.66. The van der Waals surface area contributed by atoms with Gasteiger partial charge in [0, 0.05) is 25.3 Å². The van der Waals surface area contributed by atoms with Crippen LogP contribution in [0.3, 0.4) is 0 Å². The Morgan fingerprint density at radius 1 is 1.10 bits per heavy atom. The molecule has 0 spiro atoms. The maximum atomic E-state index is 12.8. The second-order valence-corrected chi connectivity index (χ2v) is 9.49. The molecule has 0 saturated heterocycles. The van der Waals surface area contributed by atoms with E-state index in [0.717, 1.165) is 32.1 Å². The Balaban J connectivity index is 1.92. The lowest BCUT2D eigenvalue weighted by molar-refractivity contribution is -0.138. The molecule has 1 fully saturated rings. The zero-order valence-corrected chi connectivity index (χ0v) is 17.5. The van der Waals surface area contributed by atoms with E-state index < -0.39 is 28.5 Å². The summed E-state index contributed by atoms with van der Waals surface area (Å²) in [4.78, 5) is 13.4. The fourth-order valence-corrected chi connectivity index (χ4v) is 4.78. The summed E-state index contributed by atoms with van der Waals surface area (Å²) in [5, 5.41) is 2.57. The van der Waals surface area contributed by atoms with Crippen LogP contribution in [-0.2, 0) is 14.8 Å². The van der Waals surface area contributed by atoms with Crippen LogP contribution in [0.5, 0.6) is 0 Å². The maximum absolute atomic E-state index is 12.8. The number of carbonyl (C=O) groups excluding carboxylic acids is 1. The molecule has 29 heavy (non-hydrogen) atoms. The predicted octanol–water partition coefficient (Wildman–Crippen LogP) is 3.46. The lowest BCUT2D eigenvalue weighted by atomic mass is 9.96. The summed E-state index contributed by atoms with van der Waals surface area (Å²) in [7, 11) is -0.591. The molecule has 1 saturated carbocycles. The predicted molar refractivity (Wildman–Crippen MR) is 105 cm³/mol. The number of anilines is 1. The van der Waals surface area contributed by atoms with Gasteiger partial charge in [-0.15, -0.1) is 0 Å². The van der Waals surface area contributed by atoms with Gasteiger partial charge in [-0.1, -0.05) is 19.3 Å². The topological polar surface area (TPSA) is 69.7 Å². The molecule has 0 heterocycles. The molecule has 0 aliphatic heterocycles. The molecule has 0 radical (unpaired) electrons. The Morgan fingerprint density at radius 2 is 1.69 bits per heavy atom. The summed E-state index contributed by atoms with van der Waals surface area (Å²) in [5.41, 5.74) is 0.387. The second kappa shape index (κ2) is 9.90. The van der Waals surface area contributed by atoms with Gasteiger partial charge in [0.05, 0.1) is 17.9 Å². The second-order valence-electron chi connectivity index (χ2n) is 7.49. The molecule has 0 atom stereocenters. The highest BCUT2D eigenvalue weighted by Gasteiger charge is 2.29. The van der Waals surface area contributed by atoms with E-state index in [9.17, 15) is 26.4 Å². The molecule has 1 N–H and O–H groups in total. The maximum Gasteiger partial charge on any atom is 0.390 e. The standard InChI is InChI=1S/C19H28F3N3O3S/c1-24(13-12-19(20,21)22)14-18(26)23-15-8-10-17(11-9-15)29(27,28)25(2)16-6-4-3-5-7-16/h8-11,16H,3-7,12-14H2,1-2H3,(H,23,26). The number of carbonyl (C=O) groups is 1. The number of sulfonamides is 1. The largest absolute Gasteiger partial charge is 0.390 e. The molecule has 1 aromatic rings. The van der Waals surface area contributed by atoms with E-state index in [1.54, 1.807) is 7.05 Å². The van der Waals surface area contributed by atoms with Crippen LogP contribution in [-0.4, -0.2) is 62.9 Å². The third-order valence-corrected chi connectivity index (χ3v) is 7.02. The first-order valence-electron chi connectivity index (χ1n) is 9.62. The van der Waals surface area contributed by atoms with Gasteiger partial charge in [0.2, 0.25) is 15.9 Å². The summed E-state index contributed by atoms with van der Waals surface area (Å²) in [6.07, 6.45) is -0.379. The van der Waals surface area contributed by atoms with Gasteiger partial charge in [-0.05, 0) is 44.2 Å². The third kappa shape index (κ3) is 7.27. The number of hydrogen-bond acceptors (Lipinski definition) is 4. The van der Waals surface area contributed by atoms with Crippen LogP contribution in [0.25, 0.3) is 0 Å². The van der Waals surface area contributed by atoms with Crippen molar-refractivity contribution in [2.45, 2.75) is 55.6 Å². The van der Waals surface area contributed by atoms with Gasteiger partial charge in [0.1, 0.15) is 0 Å². The van der Waals surface area contributed by atoms with Crippen LogP contribution in [0.2, 0.25) is 0 Å². The molecule has 10 heteroatoms. The highest BCUT2D eigenvalue weighted by atomic mass is 32.2. The highest BCUT2D eigenvalue weighted by Crippen LogP contribution is 2.27. The van der Waals surface area contributed by atoms with Crippen molar-refractivity contribution in [2.75, 3.05) is 32.5 Å². The van der Waals surface area contributed by atoms with E-state index in [0.29, 0.717) is 5.69 Å². The van der Waals surface area contributed by atoms with Crippen molar-refractivity contribution in [3.63, 3.8) is 0 Å². The highest BCUT2D eigenvalue weighted by molar-refractivity contribution is 7.89. The molecule has 0 aromatic heterocycles. The fourth-order valence-electron chi connectivity index (χ4n) is 3.36. The Hall–Kier alpha value is -1.65. The third-order valence-electron chi connectivity index (χ3n) is 5.09. The number of amides is 1. The Bertz CT molecular complexity index is 776. The van der Waals surface area contributed by atoms with Crippen molar-refractivity contribution in [3.05, 3.63) is 24.3 Å². The van der Waals surface area contributed by atoms with Gasteiger partial charge in [0.25, 0.3) is 0 Å². The van der Waals surface area contributed by atoms with Crippen LogP contribution >= 0.6 is 0 Å². The van der Waals surface area contributed by atoms with Crippen molar-refractivity contribution in [2.24, 2.45) is 0 Å². The first-order chi connectivity index (χ1) is 13.5. The van der Waals surface area contributed by atoms with Gasteiger partial charge in [-0.25, -0.2) is 8.42 Å². The molecule has 1 aliphatic rings. The number of likely N-dealkylation sites (N-methyl/N-ethyl adjacent to an activating group) is 1. The molecule has 1 aromatic carbocycles. The molecular formula is C19H28F3N3O3S. The smallest absolute Gasteiger partial charge is 0.325 e. The monoisotopic (exact) mass is 435 g/mol. The van der Waals surface area contributed by atoms with Crippen molar-refractivity contribution >= 4 is 21.6 Å². The van der Waals surface area contributed by atoms with E-state index >= 15 is 0 Å². The van der Waals surface area contributed by atoms with Gasteiger partial charge in [-0.3, -0.25) is 9.69 Å². The van der Waals surface area contributed by atoms with E-state index in [-0.39, 0.29) is 24.0 Å². The lowest BCUT2D eigenvalue weighted by Crippen LogP contribution is -2.38. The molecular weight excluding hydrogens is 407 g/mol. The zero-order chi connectivity index (χ0) is 21.7. The summed E-state index contributed by atoms with van der Waals surface area (Å²) < 4.78 is 63.7. The van der Waals surface area contributed by atoms with E-state index in [1.807, 2.05) is 0 Å². The summed E-state index contributed by atoms with van der Waals surface area (Å²) in [5.74, 6) is -0.468. The molecule has 1 amide bonds. The summed E-state index contributed by atoms with van der Waals surface area (Å²) >= 11 is 0. The van der Waals surface area contributed by atoms with E-state index in [1.165, 1.54) is 40.5 Å². The minimum absolute atomic E-state index is 0.000338. The van der Waals surface area contributed by atoms with Crippen LogP contribution in [0, 0.1) is 0 Å². The molecule has 2 rings (SSSR count). The van der Waals surface area contributed by atoms with Crippen molar-refractivity contribution in [3.8, 4) is 0 Å². The minimum Gasteiger partial charge on any atom is -0.325 e. The van der Waals surface area contributed by atoms with Gasteiger partial charge < -0.3 is 5.32 Å². The van der Waals surface area contributed by atoms with Gasteiger partial charge >= 0.3 is 6.18 Å². The minimum atomic E-state index is -4.27. The van der Waals surface area contributed by atoms with Crippen molar-refractivity contribution in [1.29, 1.82) is 0 Å². The lowest BCUT2D eigenvalue weighted by Gasteiger charge is -2.30. The SMILES string of the molecule is CN(CCC(F)(F)F)CC(=O)Nc1ccc(S(=O)(=O)N(C)C2CCCCC2)cc1. The normalized spacial score (nSPS) is 16.4. The van der Waals surface area contributed by atoms with Crippen LogP contribution in [0.1, 0.15) is 38.5 Å². The number of rotatable bonds is 8. The Kier molecular flexibility index (Phi) is 8.07. The number of benzene rings is 1. The molecule has 0 unspecified atom stereocenters. The Morgan fingerprint density at radius 3 is 2.24 bits per heavy atom. The molecule has 1 aliphatic carbocycles. The summed E-state index contributed by atoms with van der Waals surface area (Å²) in [6, 6.07) is 5.82. The zero-order valence-electron chi connectivity index (χ0n) is 16.7. The molecule has 164 valence electrons. The van der Waals surface area contributed by atoms with Gasteiger partial charge in [-0.2, -0.15) is 17.5 Å². The number of halogens is 3. The quantitative estimate of drug-likeness (QED) is 0.679.